The lowest BCUT2D eigenvalue weighted by atomic mass is 9.89. The van der Waals surface area contributed by atoms with E-state index < -0.39 is 23.9 Å². The van der Waals surface area contributed by atoms with E-state index in [0.29, 0.717) is 11.1 Å². The average Bonchev–Trinajstić information content (AvgIpc) is 2.57. The van der Waals surface area contributed by atoms with Crippen LogP contribution in [-0.2, 0) is 10.5 Å². The van der Waals surface area contributed by atoms with Gasteiger partial charge in [0.15, 0.2) is 5.67 Å². The molecule has 0 saturated carbocycles. The Kier molecular flexibility index (Phi) is 7.48. The van der Waals surface area contributed by atoms with E-state index in [4.69, 9.17) is 15.6 Å². The van der Waals surface area contributed by atoms with Crippen LogP contribution in [0.25, 0.3) is 0 Å². The number of hydrogen-bond donors (Lipinski definition) is 5. The summed E-state index contributed by atoms with van der Waals surface area (Å²) >= 11 is 0. The molecule has 2 rings (SSSR count). The molecule has 0 bridgehead atoms. The normalized spacial score (nSPS) is 16.5. The van der Waals surface area contributed by atoms with Crippen LogP contribution in [0.3, 0.4) is 0 Å². The number of aliphatic carboxylic acids is 1. The Morgan fingerprint density at radius 1 is 1.35 bits per heavy atom. The maximum absolute atomic E-state index is 14.2. The van der Waals surface area contributed by atoms with E-state index in [1.54, 1.807) is 24.3 Å². The maximum atomic E-state index is 14.2. The topological polar surface area (TPSA) is 125 Å². The first kappa shape index (κ1) is 21.8. The molecule has 0 aliphatic carbocycles. The second-order valence-electron chi connectivity index (χ2n) is 5.55. The van der Waals surface area contributed by atoms with Crippen LogP contribution in [0.15, 0.2) is 24.3 Å². The molecule has 146 valence electrons. The molecule has 1 fully saturated rings. The molecule has 1 aromatic rings. The highest BCUT2D eigenvalue weighted by molar-refractivity contribution is 5.94. The Balaban J connectivity index is 0.000000412. The summed E-state index contributed by atoms with van der Waals surface area (Å²) in [5, 5.41) is 21.8. The van der Waals surface area contributed by atoms with Crippen LogP contribution in [0.1, 0.15) is 15.9 Å². The van der Waals surface area contributed by atoms with Gasteiger partial charge in [-0.3, -0.25) is 4.79 Å². The monoisotopic (exact) mass is 381 g/mol. The molecular weight excluding hydrogens is 362 g/mol. The predicted octanol–water partition coefficient (Wildman–Crippen LogP) is 0.137. The third-order valence-corrected chi connectivity index (χ3v) is 3.47. The molecule has 1 amide bonds. The molecule has 1 aliphatic rings. The van der Waals surface area contributed by atoms with Crippen molar-refractivity contribution in [2.45, 2.75) is 17.9 Å². The summed E-state index contributed by atoms with van der Waals surface area (Å²) in [5.74, 6) is -3.10. The van der Waals surface area contributed by atoms with Gasteiger partial charge < -0.3 is 26.6 Å². The fourth-order valence-electron chi connectivity index (χ4n) is 1.88. The molecule has 11 heteroatoms. The molecule has 1 atom stereocenters. The maximum Gasteiger partial charge on any atom is 0.490 e. The minimum atomic E-state index is -5.08. The second-order valence-corrected chi connectivity index (χ2v) is 5.55. The van der Waals surface area contributed by atoms with Crippen molar-refractivity contribution in [2.75, 3.05) is 26.2 Å². The number of hydrogen-bond acceptors (Lipinski definition) is 5. The van der Waals surface area contributed by atoms with Crippen LogP contribution in [0.5, 0.6) is 0 Å². The number of carboxylic acids is 1. The summed E-state index contributed by atoms with van der Waals surface area (Å²) in [6, 6.07) is 6.49. The Labute approximate surface area is 146 Å². The summed E-state index contributed by atoms with van der Waals surface area (Å²) in [6.07, 6.45) is -5.85. The fourth-order valence-corrected chi connectivity index (χ4v) is 1.88. The molecule has 1 unspecified atom stereocenters. The van der Waals surface area contributed by atoms with E-state index in [1.807, 2.05) is 0 Å². The van der Waals surface area contributed by atoms with E-state index >= 15 is 0 Å². The Bertz CT molecular complexity index is 636. The summed E-state index contributed by atoms with van der Waals surface area (Å²) in [6.45, 7) is 0.704. The lowest BCUT2D eigenvalue weighted by molar-refractivity contribution is -0.192. The largest absolute Gasteiger partial charge is 0.490 e. The van der Waals surface area contributed by atoms with E-state index in [9.17, 15) is 27.5 Å². The molecule has 6 N–H and O–H groups in total. The predicted molar refractivity (Wildman–Crippen MR) is 83.2 cm³/mol. The van der Waals surface area contributed by atoms with Crippen LogP contribution in [-0.4, -0.2) is 60.5 Å². The number of rotatable bonds is 5. The zero-order valence-corrected chi connectivity index (χ0v) is 13.5. The van der Waals surface area contributed by atoms with Gasteiger partial charge in [0.05, 0.1) is 6.10 Å². The summed E-state index contributed by atoms with van der Waals surface area (Å²) in [4.78, 5) is 20.7. The van der Waals surface area contributed by atoms with E-state index in [1.165, 1.54) is 0 Å². The Hall–Kier alpha value is -2.24. The number of aliphatic hydroxyl groups excluding tert-OH is 1. The number of carboxylic acid groups (broad SMARTS) is 1. The molecular formula is C15H19F4N3O4. The zero-order chi connectivity index (χ0) is 20.0. The van der Waals surface area contributed by atoms with Gasteiger partial charge in [-0.05, 0) is 17.7 Å². The van der Waals surface area contributed by atoms with Crippen molar-refractivity contribution in [1.29, 1.82) is 0 Å². The first-order valence-corrected chi connectivity index (χ1v) is 7.46. The third kappa shape index (κ3) is 6.24. The molecule has 7 nitrogen and oxygen atoms in total. The fraction of sp³-hybridized carbons (Fsp3) is 0.467. The van der Waals surface area contributed by atoms with Crippen LogP contribution < -0.4 is 16.4 Å². The highest BCUT2D eigenvalue weighted by Gasteiger charge is 2.39. The number of halogens is 4. The molecule has 0 aromatic heterocycles. The summed E-state index contributed by atoms with van der Waals surface area (Å²) < 4.78 is 45.9. The van der Waals surface area contributed by atoms with Gasteiger partial charge in [-0.15, -0.1) is 0 Å². The van der Waals surface area contributed by atoms with Gasteiger partial charge in [0.25, 0.3) is 5.91 Å². The number of alkyl halides is 4. The van der Waals surface area contributed by atoms with E-state index in [0.717, 1.165) is 0 Å². The van der Waals surface area contributed by atoms with Crippen molar-refractivity contribution < 1.29 is 37.4 Å². The van der Waals surface area contributed by atoms with Crippen LogP contribution >= 0.6 is 0 Å². The van der Waals surface area contributed by atoms with Gasteiger partial charge in [0, 0.05) is 31.7 Å². The minimum Gasteiger partial charge on any atom is -0.475 e. The van der Waals surface area contributed by atoms with Gasteiger partial charge in [0.2, 0.25) is 0 Å². The number of nitrogens with two attached hydrogens (primary N) is 1. The molecule has 1 aromatic carbocycles. The number of nitrogens with one attached hydrogen (secondary N) is 2. The number of aliphatic hydroxyl groups is 1. The smallest absolute Gasteiger partial charge is 0.475 e. The number of carbonyl (C=O) groups is 2. The van der Waals surface area contributed by atoms with Crippen molar-refractivity contribution in [3.05, 3.63) is 35.4 Å². The van der Waals surface area contributed by atoms with Gasteiger partial charge in [0.1, 0.15) is 0 Å². The van der Waals surface area contributed by atoms with E-state index in [2.05, 4.69) is 10.6 Å². The van der Waals surface area contributed by atoms with E-state index in [-0.39, 0.29) is 32.1 Å². The number of amides is 1. The summed E-state index contributed by atoms with van der Waals surface area (Å²) in [5.41, 5.74) is 4.74. The standard InChI is InChI=1S/C13H18FN3O2.C2HF3O2/c14-13(7-16-8-13)10-3-1-2-9(4-10)12(19)17-6-11(18)5-15;3-2(4,5)1(6)7/h1-4,11,16,18H,5-8,15H2,(H,17,19);(H,6,7). The van der Waals surface area contributed by atoms with Gasteiger partial charge in [-0.2, -0.15) is 13.2 Å². The highest BCUT2D eigenvalue weighted by Crippen LogP contribution is 2.30. The van der Waals surface area contributed by atoms with Gasteiger partial charge in [-0.25, -0.2) is 9.18 Å². The first-order valence-electron chi connectivity index (χ1n) is 7.46. The Morgan fingerprint density at radius 2 is 1.92 bits per heavy atom. The molecule has 26 heavy (non-hydrogen) atoms. The lowest BCUT2D eigenvalue weighted by Gasteiger charge is -2.35. The van der Waals surface area contributed by atoms with Crippen molar-refractivity contribution in [3.63, 3.8) is 0 Å². The van der Waals surface area contributed by atoms with Crippen molar-refractivity contribution >= 4 is 11.9 Å². The van der Waals surface area contributed by atoms with Crippen molar-refractivity contribution in [3.8, 4) is 0 Å². The number of carbonyl (C=O) groups excluding carboxylic acids is 1. The molecule has 0 spiro atoms. The average molecular weight is 381 g/mol. The lowest BCUT2D eigenvalue weighted by Crippen LogP contribution is -2.53. The van der Waals surface area contributed by atoms with Crippen LogP contribution in [0.4, 0.5) is 17.6 Å². The van der Waals surface area contributed by atoms with Gasteiger partial charge in [-0.1, -0.05) is 12.1 Å². The number of benzene rings is 1. The molecule has 1 saturated heterocycles. The second kappa shape index (κ2) is 8.92. The zero-order valence-electron chi connectivity index (χ0n) is 13.5. The van der Waals surface area contributed by atoms with Crippen LogP contribution in [0, 0.1) is 0 Å². The molecule has 1 heterocycles. The van der Waals surface area contributed by atoms with Crippen molar-refractivity contribution in [2.24, 2.45) is 5.73 Å². The SMILES string of the molecule is NCC(O)CNC(=O)c1cccc(C2(F)CNC2)c1.O=C(O)C(F)(F)F. The summed E-state index contributed by atoms with van der Waals surface area (Å²) in [7, 11) is 0. The first-order chi connectivity index (χ1) is 12.0. The Morgan fingerprint density at radius 3 is 2.35 bits per heavy atom. The third-order valence-electron chi connectivity index (χ3n) is 3.47. The highest BCUT2D eigenvalue weighted by atomic mass is 19.4. The van der Waals surface area contributed by atoms with Crippen LogP contribution in [0.2, 0.25) is 0 Å². The minimum absolute atomic E-state index is 0.0829. The molecule has 1 aliphatic heterocycles. The van der Waals surface area contributed by atoms with Gasteiger partial charge >= 0.3 is 12.1 Å². The quantitative estimate of drug-likeness (QED) is 0.462. The van der Waals surface area contributed by atoms with Crippen molar-refractivity contribution in [1.82, 2.24) is 10.6 Å². The molecule has 0 radical (unpaired) electrons.